The Morgan fingerprint density at radius 3 is 0.753 bits per heavy atom. The number of allylic oxidation sites excluding steroid dienone is 14. The van der Waals surface area contributed by atoms with Crippen LogP contribution in [0.3, 0.4) is 0 Å². The maximum Gasteiger partial charge on any atom is 0.306 e. The summed E-state index contributed by atoms with van der Waals surface area (Å²) in [7, 11) is 0. The Hall–Kier alpha value is -3.41. The van der Waals surface area contributed by atoms with E-state index < -0.39 is 6.10 Å². The molecular formula is C75H132O6. The van der Waals surface area contributed by atoms with Gasteiger partial charge in [0.15, 0.2) is 6.10 Å². The summed E-state index contributed by atoms with van der Waals surface area (Å²) in [5, 5.41) is 0. The topological polar surface area (TPSA) is 78.9 Å². The second-order valence-corrected chi connectivity index (χ2v) is 23.4. The molecule has 0 amide bonds. The number of carbonyl (C=O) groups excluding carboxylic acids is 3. The van der Waals surface area contributed by atoms with Crippen molar-refractivity contribution in [3.63, 3.8) is 0 Å². The lowest BCUT2D eigenvalue weighted by molar-refractivity contribution is -0.167. The number of rotatable bonds is 64. The molecule has 0 fully saturated rings. The summed E-state index contributed by atoms with van der Waals surface area (Å²) >= 11 is 0. The molecule has 0 spiro atoms. The second-order valence-electron chi connectivity index (χ2n) is 23.4. The predicted octanol–water partition coefficient (Wildman–Crippen LogP) is 24.2. The first kappa shape index (κ1) is 77.6. The van der Waals surface area contributed by atoms with Crippen molar-refractivity contribution in [1.29, 1.82) is 0 Å². The van der Waals surface area contributed by atoms with Gasteiger partial charge in [0.1, 0.15) is 13.2 Å². The van der Waals surface area contributed by atoms with Gasteiger partial charge in [-0.05, 0) is 77.0 Å². The summed E-state index contributed by atoms with van der Waals surface area (Å²) in [6, 6.07) is 0. The average Bonchev–Trinajstić information content (AvgIpc) is 3.47. The predicted molar refractivity (Wildman–Crippen MR) is 353 cm³/mol. The first-order valence-electron chi connectivity index (χ1n) is 35.1. The van der Waals surface area contributed by atoms with Crippen molar-refractivity contribution in [2.24, 2.45) is 0 Å². The summed E-state index contributed by atoms with van der Waals surface area (Å²) in [5.41, 5.74) is 0. The van der Waals surface area contributed by atoms with Crippen LogP contribution in [-0.2, 0) is 28.6 Å². The molecule has 81 heavy (non-hydrogen) atoms. The maximum atomic E-state index is 12.9. The zero-order chi connectivity index (χ0) is 58.5. The Morgan fingerprint density at radius 1 is 0.259 bits per heavy atom. The first-order chi connectivity index (χ1) is 40.0. The monoisotopic (exact) mass is 1130 g/mol. The van der Waals surface area contributed by atoms with Gasteiger partial charge in [-0.3, -0.25) is 14.4 Å². The highest BCUT2D eigenvalue weighted by atomic mass is 16.6. The van der Waals surface area contributed by atoms with Crippen molar-refractivity contribution in [2.45, 2.75) is 361 Å². The third-order valence-electron chi connectivity index (χ3n) is 15.4. The van der Waals surface area contributed by atoms with Gasteiger partial charge < -0.3 is 14.2 Å². The fourth-order valence-corrected chi connectivity index (χ4v) is 10.2. The van der Waals surface area contributed by atoms with Gasteiger partial charge in [-0.15, -0.1) is 0 Å². The zero-order valence-corrected chi connectivity index (χ0v) is 53.8. The second kappa shape index (κ2) is 69.1. The molecular weight excluding hydrogens is 997 g/mol. The Labute approximate surface area is 503 Å². The number of unbranched alkanes of at least 4 members (excludes halogenated alkanes) is 39. The van der Waals surface area contributed by atoms with E-state index in [1.54, 1.807) is 0 Å². The van der Waals surface area contributed by atoms with Gasteiger partial charge in [0.2, 0.25) is 0 Å². The van der Waals surface area contributed by atoms with Crippen LogP contribution in [0.25, 0.3) is 0 Å². The van der Waals surface area contributed by atoms with E-state index in [0.717, 1.165) is 103 Å². The van der Waals surface area contributed by atoms with E-state index in [1.807, 2.05) is 0 Å². The van der Waals surface area contributed by atoms with Crippen molar-refractivity contribution < 1.29 is 28.6 Å². The molecule has 0 bridgehead atoms. The minimum absolute atomic E-state index is 0.0709. The number of ether oxygens (including phenoxy) is 3. The molecule has 0 aromatic heterocycles. The molecule has 0 heterocycles. The van der Waals surface area contributed by atoms with Gasteiger partial charge in [0.25, 0.3) is 0 Å². The first-order valence-corrected chi connectivity index (χ1v) is 35.1. The average molecular weight is 1130 g/mol. The van der Waals surface area contributed by atoms with Crippen molar-refractivity contribution >= 4 is 17.9 Å². The number of hydrogen-bond donors (Lipinski definition) is 0. The standard InChI is InChI=1S/C75H132O6/c1-4-7-10-13-16-19-22-24-26-28-30-32-33-34-35-36-37-38-39-40-41-42-43-44-46-47-49-51-53-56-59-62-65-68-74(77)80-71-72(70-79-73(76)67-64-61-58-55-21-18-15-12-9-6-3)81-75(78)69-66-63-60-57-54-52-50-48-45-31-29-27-25-23-20-17-14-11-8-5-2/h7,10,16,19,24,26,30,32,34-35,37-38,40-41,72H,4-6,8-9,11-15,17-18,20-23,25,27-29,31,33,36,39,42-71H2,1-3H3/b10-7-,19-16-,26-24-,32-30-,35-34-,38-37-,41-40-. The van der Waals surface area contributed by atoms with E-state index in [-0.39, 0.29) is 31.1 Å². The van der Waals surface area contributed by atoms with Gasteiger partial charge in [0, 0.05) is 19.3 Å². The van der Waals surface area contributed by atoms with Gasteiger partial charge in [0.05, 0.1) is 0 Å². The summed E-state index contributed by atoms with van der Waals surface area (Å²) in [6.07, 6.45) is 91.9. The lowest BCUT2D eigenvalue weighted by Crippen LogP contribution is -2.30. The third kappa shape index (κ3) is 67.3. The van der Waals surface area contributed by atoms with Crippen LogP contribution in [0, 0.1) is 0 Å². The Morgan fingerprint density at radius 2 is 0.481 bits per heavy atom. The highest BCUT2D eigenvalue weighted by Gasteiger charge is 2.19. The fourth-order valence-electron chi connectivity index (χ4n) is 10.2. The Bertz CT molecular complexity index is 1530. The lowest BCUT2D eigenvalue weighted by Gasteiger charge is -2.18. The summed E-state index contributed by atoms with van der Waals surface area (Å²) < 4.78 is 16.9. The number of esters is 3. The van der Waals surface area contributed by atoms with Crippen LogP contribution in [0.4, 0.5) is 0 Å². The van der Waals surface area contributed by atoms with Crippen molar-refractivity contribution in [3.05, 3.63) is 85.1 Å². The summed E-state index contributed by atoms with van der Waals surface area (Å²) in [5.74, 6) is -0.855. The van der Waals surface area contributed by atoms with Crippen LogP contribution < -0.4 is 0 Å². The lowest BCUT2D eigenvalue weighted by atomic mass is 10.0. The quantitative estimate of drug-likeness (QED) is 0.0261. The van der Waals surface area contributed by atoms with Gasteiger partial charge in [-0.1, -0.05) is 343 Å². The molecule has 1 atom stereocenters. The molecule has 0 aliphatic rings. The van der Waals surface area contributed by atoms with Crippen molar-refractivity contribution in [3.8, 4) is 0 Å². The fraction of sp³-hybridized carbons (Fsp3) is 0.773. The van der Waals surface area contributed by atoms with Crippen LogP contribution in [0.15, 0.2) is 85.1 Å². The van der Waals surface area contributed by atoms with Crippen LogP contribution in [0.2, 0.25) is 0 Å². The largest absolute Gasteiger partial charge is 0.462 e. The molecule has 6 heteroatoms. The van der Waals surface area contributed by atoms with Crippen LogP contribution in [0.1, 0.15) is 355 Å². The minimum Gasteiger partial charge on any atom is -0.462 e. The van der Waals surface area contributed by atoms with Crippen molar-refractivity contribution in [2.75, 3.05) is 13.2 Å². The molecule has 0 rings (SSSR count). The summed E-state index contributed by atoms with van der Waals surface area (Å²) in [4.78, 5) is 38.3. The van der Waals surface area contributed by atoms with E-state index in [9.17, 15) is 14.4 Å². The van der Waals surface area contributed by atoms with E-state index in [4.69, 9.17) is 14.2 Å². The number of carbonyl (C=O) groups is 3. The molecule has 6 nitrogen and oxygen atoms in total. The molecule has 0 aromatic carbocycles. The molecule has 0 radical (unpaired) electrons. The molecule has 1 unspecified atom stereocenters. The molecule has 0 N–H and O–H groups in total. The Kier molecular flexibility index (Phi) is 66.2. The van der Waals surface area contributed by atoms with Crippen LogP contribution >= 0.6 is 0 Å². The molecule has 0 aromatic rings. The molecule has 0 saturated heterocycles. The highest BCUT2D eigenvalue weighted by molar-refractivity contribution is 5.71. The maximum absolute atomic E-state index is 12.9. The summed E-state index contributed by atoms with van der Waals surface area (Å²) in [6.45, 7) is 6.56. The van der Waals surface area contributed by atoms with E-state index in [1.165, 1.54) is 212 Å². The molecule has 0 aliphatic heterocycles. The highest BCUT2D eigenvalue weighted by Crippen LogP contribution is 2.18. The molecule has 0 aliphatic carbocycles. The minimum atomic E-state index is -0.773. The van der Waals surface area contributed by atoms with Crippen LogP contribution in [0.5, 0.6) is 0 Å². The molecule has 0 saturated carbocycles. The SMILES string of the molecule is CC/C=C\C/C=C\C/C=C\C/C=C\C/C=C\C/C=C\C/C=C\CCCCCCCCCCCCCC(=O)OCC(COC(=O)CCCCCCCCCCCC)OC(=O)CCCCCCCCCCCCCCCCCCCCCC. The smallest absolute Gasteiger partial charge is 0.306 e. The number of hydrogen-bond acceptors (Lipinski definition) is 6. The third-order valence-corrected chi connectivity index (χ3v) is 15.4. The molecule has 468 valence electrons. The van der Waals surface area contributed by atoms with Crippen molar-refractivity contribution in [1.82, 2.24) is 0 Å². The normalized spacial score (nSPS) is 12.6. The Balaban J connectivity index is 4.16. The van der Waals surface area contributed by atoms with Gasteiger partial charge in [-0.25, -0.2) is 0 Å². The van der Waals surface area contributed by atoms with E-state index in [0.29, 0.717) is 19.3 Å². The van der Waals surface area contributed by atoms with E-state index >= 15 is 0 Å². The van der Waals surface area contributed by atoms with Gasteiger partial charge >= 0.3 is 17.9 Å². The van der Waals surface area contributed by atoms with Crippen LogP contribution in [-0.4, -0.2) is 37.2 Å². The zero-order valence-electron chi connectivity index (χ0n) is 53.8. The van der Waals surface area contributed by atoms with Gasteiger partial charge in [-0.2, -0.15) is 0 Å². The van der Waals surface area contributed by atoms with E-state index in [2.05, 4.69) is 106 Å².